The van der Waals surface area contributed by atoms with Gasteiger partial charge in [0.05, 0.1) is 29.2 Å². The van der Waals surface area contributed by atoms with E-state index in [1.54, 1.807) is 18.2 Å². The molecule has 0 N–H and O–H groups in total. The number of carbonyl (C=O) groups is 1. The summed E-state index contributed by atoms with van der Waals surface area (Å²) in [6.07, 6.45) is 10.2. The van der Waals surface area contributed by atoms with Crippen molar-refractivity contribution in [3.8, 4) is 11.8 Å². The van der Waals surface area contributed by atoms with Gasteiger partial charge in [-0.05, 0) is 83.9 Å². The number of nitrogens with zero attached hydrogens (tertiary/aromatic N) is 2. The van der Waals surface area contributed by atoms with Gasteiger partial charge in [-0.25, -0.2) is 0 Å². The summed E-state index contributed by atoms with van der Waals surface area (Å²) in [5, 5.41) is 10.8. The molecule has 6 heteroatoms. The number of nitriles is 1. The molecular formula is C32H32Cl2N2O2. The lowest BCUT2D eigenvalue weighted by Gasteiger charge is -2.41. The minimum atomic E-state index is -0.156. The Bertz CT molecular complexity index is 1390. The second-order valence-corrected chi connectivity index (χ2v) is 12.0. The quantitative estimate of drug-likeness (QED) is 0.332. The molecule has 0 spiro atoms. The smallest absolute Gasteiger partial charge is 0.230 e. The van der Waals surface area contributed by atoms with E-state index in [0.717, 1.165) is 42.5 Å². The molecule has 0 radical (unpaired) electrons. The number of likely N-dealkylation sites (N-methyl/N-ethyl adjacent to an activating group) is 1. The van der Waals surface area contributed by atoms with Gasteiger partial charge in [0.25, 0.3) is 0 Å². The molecule has 2 aromatic rings. The normalized spacial score (nSPS) is 27.4. The highest BCUT2D eigenvalue weighted by molar-refractivity contribution is 6.35. The lowest BCUT2D eigenvalue weighted by atomic mass is 9.65. The number of allylic oxidation sites excluding steroid dienone is 5. The second-order valence-electron chi connectivity index (χ2n) is 11.2. The van der Waals surface area contributed by atoms with Crippen LogP contribution in [-0.2, 0) is 11.2 Å². The van der Waals surface area contributed by atoms with E-state index >= 15 is 0 Å². The summed E-state index contributed by atoms with van der Waals surface area (Å²) in [4.78, 5) is 16.0. The van der Waals surface area contributed by atoms with Crippen LogP contribution in [0.15, 0.2) is 73.0 Å². The number of rotatable bonds is 7. The van der Waals surface area contributed by atoms with Gasteiger partial charge in [-0.3, -0.25) is 4.79 Å². The molecular weight excluding hydrogens is 515 g/mol. The first-order valence-electron chi connectivity index (χ1n) is 13.1. The number of benzene rings is 2. The van der Waals surface area contributed by atoms with Crippen molar-refractivity contribution < 1.29 is 9.53 Å². The standard InChI is InChI=1S/C32H32Cl2N2O2/c1-4-26-29(30(37)36(3)24-11-9-22(19-35)25-8-6-5-7-21(25)17-24)31(2)13-14-32(26,20-31)15-16-38-28-12-10-23(33)18-27(28)34/h4-12,18,26,29H,1,13-17,20H2,2-3H3/t26-,29-,31+,32+/m1/s1. The first-order valence-corrected chi connectivity index (χ1v) is 13.8. The Morgan fingerprint density at radius 1 is 1.24 bits per heavy atom. The van der Waals surface area contributed by atoms with Crippen molar-refractivity contribution in [2.24, 2.45) is 22.7 Å². The summed E-state index contributed by atoms with van der Waals surface area (Å²) in [5.41, 5.74) is 3.37. The second kappa shape index (κ2) is 10.3. The lowest BCUT2D eigenvalue weighted by Crippen LogP contribution is -2.44. The SMILES string of the molecule is C=C[C@@H]1[C@H](C(=O)N(C)C2=CC=C(C#N)c3ccccc3C2)[C@@]2(C)CC[C@]1(CCOc1ccc(Cl)cc1Cl)C2. The van der Waals surface area contributed by atoms with Crippen LogP contribution in [-0.4, -0.2) is 24.5 Å². The summed E-state index contributed by atoms with van der Waals surface area (Å²) < 4.78 is 6.07. The summed E-state index contributed by atoms with van der Waals surface area (Å²) in [6, 6.07) is 15.5. The maximum absolute atomic E-state index is 14.2. The number of ether oxygens (including phenoxy) is 1. The summed E-state index contributed by atoms with van der Waals surface area (Å²) >= 11 is 12.3. The molecule has 4 atom stereocenters. The van der Waals surface area contributed by atoms with Crippen LogP contribution >= 0.6 is 23.2 Å². The number of carbonyl (C=O) groups excluding carboxylic acids is 1. The molecule has 2 saturated carbocycles. The van der Waals surface area contributed by atoms with Gasteiger partial charge in [0, 0.05) is 24.2 Å². The Labute approximate surface area is 235 Å². The van der Waals surface area contributed by atoms with Crippen molar-refractivity contribution in [3.63, 3.8) is 0 Å². The van der Waals surface area contributed by atoms with E-state index < -0.39 is 0 Å². The van der Waals surface area contributed by atoms with Gasteiger partial charge in [-0.1, -0.05) is 60.5 Å². The largest absolute Gasteiger partial charge is 0.492 e. The molecule has 3 aliphatic carbocycles. The predicted molar refractivity (Wildman–Crippen MR) is 153 cm³/mol. The van der Waals surface area contributed by atoms with E-state index in [-0.39, 0.29) is 28.6 Å². The topological polar surface area (TPSA) is 53.3 Å². The minimum absolute atomic E-state index is 0.0329. The summed E-state index contributed by atoms with van der Waals surface area (Å²) in [7, 11) is 1.87. The number of amides is 1. The van der Waals surface area contributed by atoms with E-state index in [0.29, 0.717) is 34.4 Å². The van der Waals surface area contributed by atoms with E-state index in [1.807, 2.05) is 54.4 Å². The van der Waals surface area contributed by atoms with E-state index in [9.17, 15) is 10.1 Å². The number of halogens is 2. The summed E-state index contributed by atoms with van der Waals surface area (Å²) in [5.74, 6) is 0.651. The van der Waals surface area contributed by atoms with Crippen LogP contribution in [0.5, 0.6) is 5.75 Å². The van der Waals surface area contributed by atoms with Crippen LogP contribution < -0.4 is 4.74 Å². The van der Waals surface area contributed by atoms with Gasteiger partial charge in [-0.15, -0.1) is 6.58 Å². The number of hydrogen-bond acceptors (Lipinski definition) is 3. The van der Waals surface area contributed by atoms with Crippen molar-refractivity contribution in [1.82, 2.24) is 4.90 Å². The minimum Gasteiger partial charge on any atom is -0.492 e. The fraction of sp³-hybridized carbons (Fsp3) is 0.375. The molecule has 2 aromatic carbocycles. The van der Waals surface area contributed by atoms with Crippen LogP contribution in [0.1, 0.15) is 43.7 Å². The van der Waals surface area contributed by atoms with Crippen LogP contribution in [0.25, 0.3) is 5.57 Å². The summed E-state index contributed by atoms with van der Waals surface area (Å²) in [6.45, 7) is 6.97. The van der Waals surface area contributed by atoms with Crippen molar-refractivity contribution in [1.29, 1.82) is 5.26 Å². The van der Waals surface area contributed by atoms with E-state index in [2.05, 4.69) is 19.6 Å². The van der Waals surface area contributed by atoms with Gasteiger partial charge < -0.3 is 9.64 Å². The third-order valence-corrected chi connectivity index (χ3v) is 9.57. The Morgan fingerprint density at radius 3 is 2.76 bits per heavy atom. The van der Waals surface area contributed by atoms with Crippen LogP contribution in [0.3, 0.4) is 0 Å². The van der Waals surface area contributed by atoms with Crippen molar-refractivity contribution in [3.05, 3.63) is 94.1 Å². The zero-order valence-electron chi connectivity index (χ0n) is 21.8. The van der Waals surface area contributed by atoms with Crippen LogP contribution in [0, 0.1) is 34.0 Å². The molecule has 2 fully saturated rings. The van der Waals surface area contributed by atoms with Crippen molar-refractivity contribution in [2.45, 2.75) is 39.0 Å². The van der Waals surface area contributed by atoms with Crippen LogP contribution in [0.4, 0.5) is 0 Å². The van der Waals surface area contributed by atoms with E-state index in [4.69, 9.17) is 27.9 Å². The third-order valence-electron chi connectivity index (χ3n) is 9.04. The Balaban J connectivity index is 1.36. The van der Waals surface area contributed by atoms with Gasteiger partial charge in [0.15, 0.2) is 0 Å². The zero-order valence-corrected chi connectivity index (χ0v) is 23.4. The Morgan fingerprint density at radius 2 is 2.03 bits per heavy atom. The molecule has 2 bridgehead atoms. The average molecular weight is 548 g/mol. The maximum Gasteiger partial charge on any atom is 0.230 e. The maximum atomic E-state index is 14.2. The molecule has 0 saturated heterocycles. The third kappa shape index (κ3) is 4.57. The molecule has 0 heterocycles. The number of hydrogen-bond donors (Lipinski definition) is 0. The van der Waals surface area contributed by atoms with Crippen molar-refractivity contribution in [2.75, 3.05) is 13.7 Å². The highest BCUT2D eigenvalue weighted by atomic mass is 35.5. The first kappa shape index (κ1) is 26.6. The highest BCUT2D eigenvalue weighted by Crippen LogP contribution is 2.69. The molecule has 0 aromatic heterocycles. The lowest BCUT2D eigenvalue weighted by molar-refractivity contribution is -0.138. The molecule has 4 nitrogen and oxygen atoms in total. The predicted octanol–water partition coefficient (Wildman–Crippen LogP) is 7.88. The van der Waals surface area contributed by atoms with Crippen LogP contribution in [0.2, 0.25) is 10.0 Å². The molecule has 0 unspecified atom stereocenters. The van der Waals surface area contributed by atoms with Gasteiger partial charge in [0.2, 0.25) is 5.91 Å². The van der Waals surface area contributed by atoms with Gasteiger partial charge in [-0.2, -0.15) is 5.26 Å². The van der Waals surface area contributed by atoms with Gasteiger partial charge >= 0.3 is 0 Å². The number of fused-ring (bicyclic) bond motifs is 3. The fourth-order valence-electron chi connectivity index (χ4n) is 7.17. The Hall–Kier alpha value is -3.00. The molecule has 1 amide bonds. The molecule has 196 valence electrons. The van der Waals surface area contributed by atoms with Gasteiger partial charge in [0.1, 0.15) is 5.75 Å². The average Bonchev–Trinajstić information content (AvgIpc) is 3.28. The molecule has 0 aliphatic heterocycles. The highest BCUT2D eigenvalue weighted by Gasteiger charge is 2.64. The van der Waals surface area contributed by atoms with E-state index in [1.165, 1.54) is 0 Å². The molecule has 38 heavy (non-hydrogen) atoms. The fourth-order valence-corrected chi connectivity index (χ4v) is 7.63. The van der Waals surface area contributed by atoms with Crippen molar-refractivity contribution >= 4 is 34.7 Å². The monoisotopic (exact) mass is 546 g/mol. The zero-order chi connectivity index (χ0) is 27.1. The first-order chi connectivity index (χ1) is 18.2. The molecule has 5 rings (SSSR count). The molecule has 3 aliphatic rings. The Kier molecular flexibility index (Phi) is 7.20.